The molecule has 0 aliphatic carbocycles. The van der Waals surface area contributed by atoms with Crippen LogP contribution in [0.3, 0.4) is 0 Å². The van der Waals surface area contributed by atoms with E-state index >= 15 is 0 Å². The fourth-order valence-electron chi connectivity index (χ4n) is 3.60. The van der Waals surface area contributed by atoms with Gasteiger partial charge in [0.2, 0.25) is 5.91 Å². The van der Waals surface area contributed by atoms with Gasteiger partial charge < -0.3 is 20.1 Å². The smallest absolute Gasteiger partial charge is 0.270 e. The van der Waals surface area contributed by atoms with Crippen LogP contribution in [0.25, 0.3) is 10.9 Å². The number of rotatable bonds is 2. The van der Waals surface area contributed by atoms with E-state index in [-0.39, 0.29) is 17.9 Å². The average Bonchev–Trinajstić information content (AvgIpc) is 3.30. The van der Waals surface area contributed by atoms with E-state index in [9.17, 15) is 9.59 Å². The number of fused-ring (bicyclic) bond motifs is 1. The first-order valence-electron chi connectivity index (χ1n) is 8.61. The molecule has 2 aliphatic heterocycles. The number of aromatic amines is 1. The Morgan fingerprint density at radius 1 is 1.04 bits per heavy atom. The van der Waals surface area contributed by atoms with E-state index in [4.69, 9.17) is 0 Å². The zero-order valence-electron chi connectivity index (χ0n) is 13.6. The Bertz CT molecular complexity index is 722. The molecule has 1 unspecified atom stereocenters. The van der Waals surface area contributed by atoms with Crippen LogP contribution in [0.15, 0.2) is 30.3 Å². The van der Waals surface area contributed by atoms with E-state index in [1.807, 2.05) is 40.1 Å². The van der Waals surface area contributed by atoms with Gasteiger partial charge in [-0.3, -0.25) is 9.59 Å². The zero-order valence-corrected chi connectivity index (χ0v) is 13.6. The molecule has 2 aliphatic rings. The lowest BCUT2D eigenvalue weighted by atomic mass is 10.2. The Morgan fingerprint density at radius 3 is 2.50 bits per heavy atom. The summed E-state index contributed by atoms with van der Waals surface area (Å²) >= 11 is 0. The van der Waals surface area contributed by atoms with E-state index in [2.05, 4.69) is 10.3 Å². The van der Waals surface area contributed by atoms with Crippen LogP contribution in [-0.4, -0.2) is 65.4 Å². The summed E-state index contributed by atoms with van der Waals surface area (Å²) in [6, 6.07) is 9.75. The fraction of sp³-hybridized carbons (Fsp3) is 0.444. The van der Waals surface area contributed by atoms with Crippen molar-refractivity contribution in [1.82, 2.24) is 20.1 Å². The van der Waals surface area contributed by atoms with Crippen molar-refractivity contribution < 1.29 is 9.59 Å². The van der Waals surface area contributed by atoms with Crippen molar-refractivity contribution in [2.45, 2.75) is 18.9 Å². The number of aromatic nitrogens is 1. The number of piperazine rings is 1. The second kappa shape index (κ2) is 6.28. The summed E-state index contributed by atoms with van der Waals surface area (Å²) in [5.74, 6) is 0.197. The second-order valence-electron chi connectivity index (χ2n) is 6.54. The van der Waals surface area contributed by atoms with Crippen molar-refractivity contribution in [3.8, 4) is 0 Å². The minimum atomic E-state index is -0.0269. The molecule has 6 heteroatoms. The maximum Gasteiger partial charge on any atom is 0.270 e. The molecular weight excluding hydrogens is 304 g/mol. The molecule has 1 atom stereocenters. The van der Waals surface area contributed by atoms with Crippen LogP contribution in [0, 0.1) is 0 Å². The summed E-state index contributed by atoms with van der Waals surface area (Å²) in [6.45, 7) is 3.33. The molecule has 2 aromatic rings. The van der Waals surface area contributed by atoms with E-state index in [0.29, 0.717) is 31.9 Å². The molecule has 24 heavy (non-hydrogen) atoms. The third kappa shape index (κ3) is 2.78. The van der Waals surface area contributed by atoms with Crippen LogP contribution in [0.4, 0.5) is 0 Å². The third-order valence-corrected chi connectivity index (χ3v) is 5.00. The Morgan fingerprint density at radius 2 is 1.79 bits per heavy atom. The number of para-hydroxylation sites is 1. The number of amides is 2. The molecule has 126 valence electrons. The number of carbonyl (C=O) groups excluding carboxylic acids is 2. The molecule has 3 heterocycles. The lowest BCUT2D eigenvalue weighted by Gasteiger charge is -2.35. The maximum atomic E-state index is 12.7. The largest absolute Gasteiger partial charge is 0.351 e. The second-order valence-corrected chi connectivity index (χ2v) is 6.54. The monoisotopic (exact) mass is 326 g/mol. The minimum Gasteiger partial charge on any atom is -0.351 e. The van der Waals surface area contributed by atoms with Gasteiger partial charge in [-0.15, -0.1) is 0 Å². The normalized spacial score (nSPS) is 21.4. The molecule has 6 nitrogen and oxygen atoms in total. The van der Waals surface area contributed by atoms with Gasteiger partial charge in [0, 0.05) is 37.1 Å². The summed E-state index contributed by atoms with van der Waals surface area (Å²) in [5.41, 5.74) is 1.59. The van der Waals surface area contributed by atoms with Gasteiger partial charge in [0.25, 0.3) is 5.91 Å². The highest BCUT2D eigenvalue weighted by Gasteiger charge is 2.30. The first-order chi connectivity index (χ1) is 11.7. The van der Waals surface area contributed by atoms with E-state index in [0.717, 1.165) is 30.3 Å². The number of nitrogens with one attached hydrogen (secondary N) is 2. The number of nitrogens with zero attached hydrogens (tertiary/aromatic N) is 2. The highest BCUT2D eigenvalue weighted by Crippen LogP contribution is 2.17. The quantitative estimate of drug-likeness (QED) is 0.871. The van der Waals surface area contributed by atoms with Crippen LogP contribution in [0.2, 0.25) is 0 Å². The summed E-state index contributed by atoms with van der Waals surface area (Å²) in [7, 11) is 0. The van der Waals surface area contributed by atoms with Crippen molar-refractivity contribution in [1.29, 1.82) is 0 Å². The molecule has 2 amide bonds. The van der Waals surface area contributed by atoms with Crippen molar-refractivity contribution in [2.24, 2.45) is 0 Å². The summed E-state index contributed by atoms with van der Waals surface area (Å²) in [5, 5.41) is 4.30. The summed E-state index contributed by atoms with van der Waals surface area (Å²) in [4.78, 5) is 32.0. The van der Waals surface area contributed by atoms with Crippen LogP contribution in [0.1, 0.15) is 23.3 Å². The Balaban J connectivity index is 1.39. The Kier molecular flexibility index (Phi) is 3.98. The van der Waals surface area contributed by atoms with Crippen LogP contribution in [-0.2, 0) is 4.79 Å². The van der Waals surface area contributed by atoms with Crippen molar-refractivity contribution in [3.05, 3.63) is 36.0 Å². The predicted molar refractivity (Wildman–Crippen MR) is 91.8 cm³/mol. The van der Waals surface area contributed by atoms with Gasteiger partial charge in [-0.1, -0.05) is 18.2 Å². The van der Waals surface area contributed by atoms with Crippen LogP contribution in [0.5, 0.6) is 0 Å². The molecule has 1 aromatic heterocycles. The van der Waals surface area contributed by atoms with Crippen molar-refractivity contribution >= 4 is 22.7 Å². The number of H-pyrrole nitrogens is 1. The highest BCUT2D eigenvalue weighted by atomic mass is 16.2. The fourth-order valence-corrected chi connectivity index (χ4v) is 3.60. The lowest BCUT2D eigenvalue weighted by molar-refractivity contribution is -0.134. The summed E-state index contributed by atoms with van der Waals surface area (Å²) < 4.78 is 0. The highest BCUT2D eigenvalue weighted by molar-refractivity contribution is 5.98. The Hall–Kier alpha value is -2.34. The molecule has 0 bridgehead atoms. The molecule has 0 radical (unpaired) electrons. The first-order valence-corrected chi connectivity index (χ1v) is 8.61. The topological polar surface area (TPSA) is 68.4 Å². The van der Waals surface area contributed by atoms with E-state index in [1.165, 1.54) is 0 Å². The third-order valence-electron chi connectivity index (χ3n) is 5.00. The SMILES string of the molecule is O=C(c1cc2ccccc2[nH]1)N1CCN(C(=O)C2CCCN2)CC1. The van der Waals surface area contributed by atoms with Crippen LogP contribution < -0.4 is 5.32 Å². The number of benzene rings is 1. The van der Waals surface area contributed by atoms with Gasteiger partial charge in [0.15, 0.2) is 0 Å². The number of carbonyl (C=O) groups is 2. The van der Waals surface area contributed by atoms with Crippen molar-refractivity contribution in [2.75, 3.05) is 32.7 Å². The van der Waals surface area contributed by atoms with Crippen molar-refractivity contribution in [3.63, 3.8) is 0 Å². The van der Waals surface area contributed by atoms with Gasteiger partial charge in [-0.05, 0) is 31.5 Å². The maximum absolute atomic E-state index is 12.7. The van der Waals surface area contributed by atoms with Crippen LogP contribution >= 0.6 is 0 Å². The molecular formula is C18H22N4O2. The average molecular weight is 326 g/mol. The molecule has 0 spiro atoms. The standard InChI is InChI=1S/C18H22N4O2/c23-17(15-6-3-7-19-15)21-8-10-22(11-9-21)18(24)16-12-13-4-1-2-5-14(13)20-16/h1-2,4-5,12,15,19-20H,3,6-11H2. The van der Waals surface area contributed by atoms with Gasteiger partial charge in [0.1, 0.15) is 5.69 Å². The molecule has 4 rings (SSSR count). The molecule has 0 saturated carbocycles. The van der Waals surface area contributed by atoms with E-state index in [1.54, 1.807) is 0 Å². The molecule has 2 saturated heterocycles. The number of hydrogen-bond acceptors (Lipinski definition) is 3. The number of hydrogen-bond donors (Lipinski definition) is 2. The zero-order chi connectivity index (χ0) is 16.5. The first kappa shape index (κ1) is 15.2. The predicted octanol–water partition coefficient (Wildman–Crippen LogP) is 1.20. The van der Waals surface area contributed by atoms with Gasteiger partial charge in [0.05, 0.1) is 6.04 Å². The van der Waals surface area contributed by atoms with Gasteiger partial charge in [-0.2, -0.15) is 0 Å². The molecule has 1 aromatic carbocycles. The summed E-state index contributed by atoms with van der Waals surface area (Å²) in [6.07, 6.45) is 1.99. The molecule has 2 fully saturated rings. The lowest BCUT2D eigenvalue weighted by Crippen LogP contribution is -2.54. The molecule has 2 N–H and O–H groups in total. The Labute approximate surface area is 140 Å². The van der Waals surface area contributed by atoms with Gasteiger partial charge in [-0.25, -0.2) is 0 Å². The van der Waals surface area contributed by atoms with E-state index < -0.39 is 0 Å². The van der Waals surface area contributed by atoms with Gasteiger partial charge >= 0.3 is 0 Å². The minimum absolute atomic E-state index is 0.0114.